The van der Waals surface area contributed by atoms with Gasteiger partial charge in [0.15, 0.2) is 5.84 Å². The van der Waals surface area contributed by atoms with Crippen molar-refractivity contribution in [1.29, 1.82) is 0 Å². The Bertz CT molecular complexity index is 504. The molecule has 1 saturated heterocycles. The van der Waals surface area contributed by atoms with Gasteiger partial charge in [0.2, 0.25) is 0 Å². The maximum absolute atomic E-state index is 9.35. The quantitative estimate of drug-likeness (QED) is 0.315. The molecule has 0 saturated carbocycles. The molecule has 0 radical (unpaired) electrons. The highest BCUT2D eigenvalue weighted by molar-refractivity contribution is 6.01. The SMILES string of the molecule is CC1(C)CN(c2ncccc2/C(N)=N/O)CC(CO)O1. The van der Waals surface area contributed by atoms with Crippen LogP contribution in [0.3, 0.4) is 0 Å². The van der Waals surface area contributed by atoms with E-state index in [9.17, 15) is 5.11 Å². The topological polar surface area (TPSA) is 104 Å². The van der Waals surface area contributed by atoms with Crippen molar-refractivity contribution in [3.63, 3.8) is 0 Å². The molecule has 0 spiro atoms. The molecule has 1 aromatic heterocycles. The highest BCUT2D eigenvalue weighted by atomic mass is 16.5. The van der Waals surface area contributed by atoms with E-state index in [4.69, 9.17) is 15.7 Å². The number of hydrogen-bond donors (Lipinski definition) is 3. The van der Waals surface area contributed by atoms with Crippen LogP contribution in [0.4, 0.5) is 5.82 Å². The lowest BCUT2D eigenvalue weighted by atomic mass is 10.0. The molecule has 0 aliphatic carbocycles. The summed E-state index contributed by atoms with van der Waals surface area (Å²) in [5, 5.41) is 21.3. The monoisotopic (exact) mass is 280 g/mol. The van der Waals surface area contributed by atoms with Crippen molar-refractivity contribution in [3.05, 3.63) is 23.9 Å². The Labute approximate surface area is 117 Å². The number of oxime groups is 1. The molecule has 1 fully saturated rings. The molecule has 0 aromatic carbocycles. The van der Waals surface area contributed by atoms with Gasteiger partial charge in [-0.3, -0.25) is 0 Å². The number of ether oxygens (including phenoxy) is 1. The molecule has 1 aliphatic heterocycles. The van der Waals surface area contributed by atoms with Gasteiger partial charge in [0, 0.05) is 19.3 Å². The number of hydrogen-bond acceptors (Lipinski definition) is 6. The van der Waals surface area contributed by atoms with Crippen LogP contribution in [0.25, 0.3) is 0 Å². The molecule has 110 valence electrons. The smallest absolute Gasteiger partial charge is 0.173 e. The largest absolute Gasteiger partial charge is 0.409 e. The Morgan fingerprint density at radius 2 is 2.40 bits per heavy atom. The number of amidine groups is 1. The molecule has 0 bridgehead atoms. The molecule has 20 heavy (non-hydrogen) atoms. The van der Waals surface area contributed by atoms with Gasteiger partial charge in [-0.05, 0) is 26.0 Å². The number of aliphatic hydroxyl groups excluding tert-OH is 1. The first-order valence-corrected chi connectivity index (χ1v) is 6.43. The highest BCUT2D eigenvalue weighted by Gasteiger charge is 2.34. The van der Waals surface area contributed by atoms with Crippen LogP contribution in [0.2, 0.25) is 0 Å². The van der Waals surface area contributed by atoms with Gasteiger partial charge in [0.1, 0.15) is 5.82 Å². The summed E-state index contributed by atoms with van der Waals surface area (Å²) in [4.78, 5) is 6.31. The Balaban J connectivity index is 2.35. The molecule has 7 nitrogen and oxygen atoms in total. The Hall–Kier alpha value is -1.86. The summed E-state index contributed by atoms with van der Waals surface area (Å²) in [7, 11) is 0. The van der Waals surface area contributed by atoms with Crippen LogP contribution >= 0.6 is 0 Å². The number of aromatic nitrogens is 1. The average molecular weight is 280 g/mol. The lowest BCUT2D eigenvalue weighted by Gasteiger charge is -2.43. The normalized spacial score (nSPS) is 22.9. The summed E-state index contributed by atoms with van der Waals surface area (Å²) in [6.45, 7) is 4.95. The zero-order valence-corrected chi connectivity index (χ0v) is 11.7. The molecule has 2 heterocycles. The van der Waals surface area contributed by atoms with Crippen molar-refractivity contribution < 1.29 is 15.1 Å². The van der Waals surface area contributed by atoms with Crippen molar-refractivity contribution in [2.45, 2.75) is 25.6 Å². The van der Waals surface area contributed by atoms with E-state index in [1.807, 2.05) is 18.7 Å². The predicted octanol–water partition coefficient (Wildman–Crippen LogP) is 0.152. The maximum Gasteiger partial charge on any atom is 0.173 e. The third-order valence-electron chi connectivity index (χ3n) is 3.15. The fourth-order valence-electron chi connectivity index (χ4n) is 2.45. The maximum atomic E-state index is 9.35. The lowest BCUT2D eigenvalue weighted by molar-refractivity contribution is -0.101. The average Bonchev–Trinajstić information content (AvgIpc) is 2.44. The van der Waals surface area contributed by atoms with E-state index in [2.05, 4.69) is 10.1 Å². The van der Waals surface area contributed by atoms with Crippen molar-refractivity contribution in [1.82, 2.24) is 4.98 Å². The first-order chi connectivity index (χ1) is 9.46. The van der Waals surface area contributed by atoms with E-state index in [1.165, 1.54) is 0 Å². The summed E-state index contributed by atoms with van der Waals surface area (Å²) < 4.78 is 5.77. The van der Waals surface area contributed by atoms with Crippen molar-refractivity contribution in [2.24, 2.45) is 10.9 Å². The molecular formula is C13H20N4O3. The minimum absolute atomic E-state index is 0.0120. The van der Waals surface area contributed by atoms with E-state index in [-0.39, 0.29) is 18.5 Å². The van der Waals surface area contributed by atoms with Crippen molar-refractivity contribution in [3.8, 4) is 0 Å². The van der Waals surface area contributed by atoms with E-state index in [1.54, 1.807) is 18.3 Å². The number of rotatable bonds is 3. The van der Waals surface area contributed by atoms with Gasteiger partial charge < -0.3 is 25.7 Å². The zero-order valence-electron chi connectivity index (χ0n) is 11.7. The first kappa shape index (κ1) is 14.5. The van der Waals surface area contributed by atoms with Crippen LogP contribution in [0, 0.1) is 0 Å². The highest BCUT2D eigenvalue weighted by Crippen LogP contribution is 2.26. The molecule has 2 rings (SSSR count). The molecular weight excluding hydrogens is 260 g/mol. The van der Waals surface area contributed by atoms with Crippen LogP contribution in [0.1, 0.15) is 19.4 Å². The molecule has 1 aliphatic rings. The second-order valence-corrected chi connectivity index (χ2v) is 5.42. The van der Waals surface area contributed by atoms with Crippen LogP contribution in [0.5, 0.6) is 0 Å². The third-order valence-corrected chi connectivity index (χ3v) is 3.15. The van der Waals surface area contributed by atoms with Crippen LogP contribution in [-0.4, -0.2) is 52.5 Å². The number of nitrogens with zero attached hydrogens (tertiary/aromatic N) is 3. The Morgan fingerprint density at radius 1 is 1.65 bits per heavy atom. The number of pyridine rings is 1. The number of nitrogens with two attached hydrogens (primary N) is 1. The Kier molecular flexibility index (Phi) is 4.10. The van der Waals surface area contributed by atoms with Gasteiger partial charge in [0.25, 0.3) is 0 Å². The van der Waals surface area contributed by atoms with Gasteiger partial charge in [-0.15, -0.1) is 0 Å². The van der Waals surface area contributed by atoms with Crippen LogP contribution < -0.4 is 10.6 Å². The zero-order chi connectivity index (χ0) is 14.8. The van der Waals surface area contributed by atoms with Gasteiger partial charge >= 0.3 is 0 Å². The van der Waals surface area contributed by atoms with E-state index in [0.29, 0.717) is 24.5 Å². The first-order valence-electron chi connectivity index (χ1n) is 6.43. The third kappa shape index (κ3) is 3.00. The van der Waals surface area contributed by atoms with Crippen LogP contribution in [0.15, 0.2) is 23.5 Å². The molecule has 0 amide bonds. The molecule has 7 heteroatoms. The van der Waals surface area contributed by atoms with E-state index < -0.39 is 5.60 Å². The molecule has 4 N–H and O–H groups in total. The summed E-state index contributed by atoms with van der Waals surface area (Å²) in [5.74, 6) is 0.635. The minimum Gasteiger partial charge on any atom is -0.409 e. The fraction of sp³-hybridized carbons (Fsp3) is 0.538. The van der Waals surface area contributed by atoms with Gasteiger partial charge in [-0.2, -0.15) is 0 Å². The van der Waals surface area contributed by atoms with Gasteiger partial charge in [-0.1, -0.05) is 5.16 Å². The van der Waals surface area contributed by atoms with Gasteiger partial charge in [0.05, 0.1) is 23.9 Å². The van der Waals surface area contributed by atoms with E-state index in [0.717, 1.165) is 0 Å². The van der Waals surface area contributed by atoms with Crippen LogP contribution in [-0.2, 0) is 4.74 Å². The second-order valence-electron chi connectivity index (χ2n) is 5.42. The minimum atomic E-state index is -0.411. The molecule has 1 atom stereocenters. The molecule has 1 unspecified atom stereocenters. The molecule has 1 aromatic rings. The number of aliphatic hydroxyl groups is 1. The summed E-state index contributed by atoms with van der Waals surface area (Å²) in [6.07, 6.45) is 1.36. The van der Waals surface area contributed by atoms with E-state index >= 15 is 0 Å². The Morgan fingerprint density at radius 3 is 3.05 bits per heavy atom. The van der Waals surface area contributed by atoms with Crippen molar-refractivity contribution >= 4 is 11.7 Å². The number of morpholine rings is 1. The lowest BCUT2D eigenvalue weighted by Crippen LogP contribution is -2.54. The van der Waals surface area contributed by atoms with Crippen molar-refractivity contribution in [2.75, 3.05) is 24.6 Å². The predicted molar refractivity (Wildman–Crippen MR) is 75.0 cm³/mol. The second kappa shape index (κ2) is 5.64. The van der Waals surface area contributed by atoms with Gasteiger partial charge in [-0.25, -0.2) is 4.98 Å². The standard InChI is InChI=1S/C13H20N4O3/c1-13(2)8-17(6-9(7-18)20-13)12-10(11(14)16-19)4-3-5-15-12/h3-5,9,18-19H,6-8H2,1-2H3,(H2,14,16). The number of anilines is 1. The fourth-order valence-corrected chi connectivity index (χ4v) is 2.45. The summed E-state index contributed by atoms with van der Waals surface area (Å²) in [5.41, 5.74) is 5.84. The summed E-state index contributed by atoms with van der Waals surface area (Å²) in [6, 6.07) is 3.47. The summed E-state index contributed by atoms with van der Waals surface area (Å²) >= 11 is 0.